The fourth-order valence-corrected chi connectivity index (χ4v) is 2.79. The second kappa shape index (κ2) is 4.91. The Labute approximate surface area is 120 Å². The van der Waals surface area contributed by atoms with Gasteiger partial charge in [0.05, 0.1) is 6.57 Å². The van der Waals surface area contributed by atoms with Crippen molar-refractivity contribution < 1.29 is 0 Å². The third-order valence-electron chi connectivity index (χ3n) is 3.14. The first kappa shape index (κ1) is 12.0. The first-order chi connectivity index (χ1) is 9.28. The van der Waals surface area contributed by atoms with Gasteiger partial charge in [0.1, 0.15) is 0 Å². The summed E-state index contributed by atoms with van der Waals surface area (Å²) in [4.78, 5) is 3.47. The molecule has 0 saturated heterocycles. The van der Waals surface area contributed by atoms with Crippen molar-refractivity contribution in [2.75, 3.05) is 0 Å². The summed E-state index contributed by atoms with van der Waals surface area (Å²) in [5.41, 5.74) is 3.08. The van der Waals surface area contributed by atoms with Gasteiger partial charge in [-0.3, -0.25) is 0 Å². The fourth-order valence-electron chi connectivity index (χ4n) is 2.22. The maximum Gasteiger partial charge on any atom is 0.188 e. The molecule has 0 unspecified atom stereocenters. The van der Waals surface area contributed by atoms with Crippen LogP contribution in [0.3, 0.4) is 0 Å². The lowest BCUT2D eigenvalue weighted by atomic mass is 10.2. The number of aromatic nitrogens is 1. The van der Waals surface area contributed by atoms with Gasteiger partial charge in [-0.05, 0) is 33.6 Å². The molecular formula is C16H11BrN2. The molecule has 0 aliphatic rings. The highest BCUT2D eigenvalue weighted by Crippen LogP contribution is 2.30. The highest BCUT2D eigenvalue weighted by atomic mass is 79.9. The molecule has 0 N–H and O–H groups in total. The zero-order valence-electron chi connectivity index (χ0n) is 10.2. The normalized spacial score (nSPS) is 10.5. The van der Waals surface area contributed by atoms with E-state index < -0.39 is 0 Å². The zero-order valence-corrected chi connectivity index (χ0v) is 11.8. The summed E-state index contributed by atoms with van der Waals surface area (Å²) in [6.07, 6.45) is 2.07. The van der Waals surface area contributed by atoms with Crippen LogP contribution in [0, 0.1) is 6.57 Å². The minimum atomic E-state index is 0.672. The Hall–Kier alpha value is -2.05. The Kier molecular flexibility index (Phi) is 3.10. The Morgan fingerprint density at radius 2 is 1.89 bits per heavy atom. The van der Waals surface area contributed by atoms with Crippen molar-refractivity contribution >= 4 is 32.5 Å². The third-order valence-corrected chi connectivity index (χ3v) is 3.77. The second-order valence-electron chi connectivity index (χ2n) is 4.40. The summed E-state index contributed by atoms with van der Waals surface area (Å²) in [6, 6.07) is 16.2. The molecule has 1 heterocycles. The van der Waals surface area contributed by atoms with Crippen molar-refractivity contribution in [3.63, 3.8) is 0 Å². The van der Waals surface area contributed by atoms with Gasteiger partial charge < -0.3 is 4.57 Å². The van der Waals surface area contributed by atoms with E-state index in [1.165, 1.54) is 5.56 Å². The van der Waals surface area contributed by atoms with Crippen LogP contribution in [0.5, 0.6) is 0 Å². The minimum Gasteiger partial charge on any atom is -0.342 e. The number of hydrogen-bond acceptors (Lipinski definition) is 0. The van der Waals surface area contributed by atoms with Crippen LogP contribution in [0.1, 0.15) is 5.56 Å². The van der Waals surface area contributed by atoms with Gasteiger partial charge in [-0.15, -0.1) is 0 Å². The molecule has 2 nitrogen and oxygen atoms in total. The van der Waals surface area contributed by atoms with Crippen molar-refractivity contribution in [2.24, 2.45) is 0 Å². The van der Waals surface area contributed by atoms with Crippen molar-refractivity contribution in [3.05, 3.63) is 76.2 Å². The van der Waals surface area contributed by atoms with Crippen LogP contribution in [0.25, 0.3) is 15.7 Å². The second-order valence-corrected chi connectivity index (χ2v) is 5.26. The number of fused-ring (bicyclic) bond motifs is 1. The van der Waals surface area contributed by atoms with Gasteiger partial charge in [0, 0.05) is 28.1 Å². The average molecular weight is 311 g/mol. The fraction of sp³-hybridized carbons (Fsp3) is 0.0625. The molecule has 0 amide bonds. The highest BCUT2D eigenvalue weighted by Gasteiger charge is 2.07. The molecule has 3 heteroatoms. The average Bonchev–Trinajstić information content (AvgIpc) is 2.76. The predicted molar refractivity (Wildman–Crippen MR) is 81.4 cm³/mol. The Morgan fingerprint density at radius 3 is 2.63 bits per heavy atom. The topological polar surface area (TPSA) is 9.29 Å². The molecule has 1 aromatic heterocycles. The Morgan fingerprint density at radius 1 is 1.11 bits per heavy atom. The summed E-state index contributed by atoms with van der Waals surface area (Å²) in [5, 5.41) is 1.09. The van der Waals surface area contributed by atoms with E-state index in [1.54, 1.807) is 0 Å². The minimum absolute atomic E-state index is 0.672. The van der Waals surface area contributed by atoms with Crippen molar-refractivity contribution in [1.29, 1.82) is 0 Å². The molecule has 0 aliphatic carbocycles. The van der Waals surface area contributed by atoms with Gasteiger partial charge >= 0.3 is 0 Å². The van der Waals surface area contributed by atoms with Crippen molar-refractivity contribution in [2.45, 2.75) is 6.54 Å². The lowest BCUT2D eigenvalue weighted by molar-refractivity contribution is 0.835. The number of hydrogen-bond donors (Lipinski definition) is 0. The van der Waals surface area contributed by atoms with Crippen LogP contribution < -0.4 is 0 Å². The maximum absolute atomic E-state index is 7.08. The van der Waals surface area contributed by atoms with E-state index in [9.17, 15) is 0 Å². The van der Waals surface area contributed by atoms with Crippen molar-refractivity contribution in [1.82, 2.24) is 4.57 Å². The van der Waals surface area contributed by atoms with Gasteiger partial charge in [0.25, 0.3) is 0 Å². The first-order valence-corrected chi connectivity index (χ1v) is 6.77. The monoisotopic (exact) mass is 310 g/mol. The SMILES string of the molecule is [C-]#[N+]c1ccc2c(c1)c(Br)cn2Cc1ccccc1. The Bertz CT molecular complexity index is 767. The highest BCUT2D eigenvalue weighted by molar-refractivity contribution is 9.10. The first-order valence-electron chi connectivity index (χ1n) is 5.98. The van der Waals surface area contributed by atoms with Gasteiger partial charge in [0.2, 0.25) is 0 Å². The molecule has 3 aromatic rings. The Balaban J connectivity index is 2.08. The lowest BCUT2D eigenvalue weighted by Crippen LogP contribution is -1.97. The van der Waals surface area contributed by atoms with Gasteiger partial charge in [-0.2, -0.15) is 0 Å². The standard InChI is InChI=1S/C16H11BrN2/c1-18-13-7-8-16-14(9-13)15(17)11-19(16)10-12-5-3-2-4-6-12/h2-9,11H,10H2. The lowest BCUT2D eigenvalue weighted by Gasteiger charge is -2.05. The quantitative estimate of drug-likeness (QED) is 0.589. The third kappa shape index (κ3) is 2.27. The molecule has 0 spiro atoms. The molecule has 0 radical (unpaired) electrons. The van der Waals surface area contributed by atoms with E-state index in [0.717, 1.165) is 21.9 Å². The molecule has 0 saturated carbocycles. The molecule has 2 aromatic carbocycles. The maximum atomic E-state index is 7.08. The number of benzene rings is 2. The molecule has 3 rings (SSSR count). The van der Waals surface area contributed by atoms with E-state index in [4.69, 9.17) is 6.57 Å². The van der Waals surface area contributed by atoms with E-state index in [2.05, 4.69) is 43.7 Å². The number of halogens is 1. The zero-order chi connectivity index (χ0) is 13.2. The predicted octanol–water partition coefficient (Wildman–Crippen LogP) is 5.00. The summed E-state index contributed by atoms with van der Waals surface area (Å²) in [6.45, 7) is 7.91. The molecule has 0 aliphatic heterocycles. The van der Waals surface area contributed by atoms with E-state index in [0.29, 0.717) is 5.69 Å². The van der Waals surface area contributed by atoms with Crippen molar-refractivity contribution in [3.8, 4) is 0 Å². The summed E-state index contributed by atoms with van der Waals surface area (Å²) < 4.78 is 3.23. The van der Waals surface area contributed by atoms with Crippen LogP contribution in [0.2, 0.25) is 0 Å². The van der Waals surface area contributed by atoms with Gasteiger partial charge in [-0.25, -0.2) is 4.85 Å². The molecule has 0 atom stereocenters. The van der Waals surface area contributed by atoms with Crippen LogP contribution in [-0.4, -0.2) is 4.57 Å². The van der Waals surface area contributed by atoms with Crippen LogP contribution >= 0.6 is 15.9 Å². The number of nitrogens with zero attached hydrogens (tertiary/aromatic N) is 2. The van der Waals surface area contributed by atoms with Gasteiger partial charge in [-0.1, -0.05) is 36.4 Å². The largest absolute Gasteiger partial charge is 0.342 e. The molecule has 0 bridgehead atoms. The van der Waals surface area contributed by atoms with Crippen LogP contribution in [-0.2, 0) is 6.54 Å². The van der Waals surface area contributed by atoms with E-state index in [-0.39, 0.29) is 0 Å². The van der Waals surface area contributed by atoms with Gasteiger partial charge in [0.15, 0.2) is 5.69 Å². The molecule has 19 heavy (non-hydrogen) atoms. The van der Waals surface area contributed by atoms with Crippen LogP contribution in [0.4, 0.5) is 5.69 Å². The number of rotatable bonds is 2. The molecular weight excluding hydrogens is 300 g/mol. The van der Waals surface area contributed by atoms with Crippen LogP contribution in [0.15, 0.2) is 59.2 Å². The summed E-state index contributed by atoms with van der Waals surface area (Å²) in [5.74, 6) is 0. The summed E-state index contributed by atoms with van der Waals surface area (Å²) in [7, 11) is 0. The van der Waals surface area contributed by atoms with E-state index in [1.807, 2.05) is 36.4 Å². The summed E-state index contributed by atoms with van der Waals surface area (Å²) >= 11 is 3.57. The smallest absolute Gasteiger partial charge is 0.188 e. The molecule has 0 fully saturated rings. The van der Waals surface area contributed by atoms with E-state index >= 15 is 0 Å². The molecule has 92 valence electrons.